The lowest BCUT2D eigenvalue weighted by Gasteiger charge is -2.25. The molecule has 0 saturated heterocycles. The average molecular weight is 522 g/mol. The van der Waals surface area contributed by atoms with Crippen molar-refractivity contribution in [3.05, 3.63) is 71.9 Å². The van der Waals surface area contributed by atoms with Gasteiger partial charge in [-0.1, -0.05) is 62.4 Å². The van der Waals surface area contributed by atoms with Gasteiger partial charge >= 0.3 is 5.97 Å². The first-order valence-corrected chi connectivity index (χ1v) is 12.5. The Morgan fingerprint density at radius 3 is 2.16 bits per heavy atom. The number of nitrogens with one attached hydrogen (secondary N) is 4. The number of carboxylic acid groups (broad SMARTS) is 1. The maximum absolute atomic E-state index is 13.0. The fourth-order valence-electron chi connectivity index (χ4n) is 4.14. The lowest BCUT2D eigenvalue weighted by Crippen LogP contribution is -2.58. The fourth-order valence-corrected chi connectivity index (χ4v) is 4.14. The second-order valence-corrected chi connectivity index (χ2v) is 9.72. The first-order chi connectivity index (χ1) is 18.1. The maximum Gasteiger partial charge on any atom is 0.326 e. The zero-order valence-electron chi connectivity index (χ0n) is 21.7. The van der Waals surface area contributed by atoms with Crippen LogP contribution in [-0.4, -0.2) is 57.9 Å². The van der Waals surface area contributed by atoms with E-state index in [1.807, 2.05) is 54.6 Å². The number of carbonyl (C=O) groups is 4. The lowest BCUT2D eigenvalue weighted by atomic mass is 10.0. The van der Waals surface area contributed by atoms with Crippen molar-refractivity contribution in [1.29, 1.82) is 0 Å². The minimum atomic E-state index is -1.20. The Balaban J connectivity index is 1.59. The average Bonchev–Trinajstić information content (AvgIpc) is 3.29. The molecule has 0 bridgehead atoms. The van der Waals surface area contributed by atoms with Gasteiger partial charge in [0.25, 0.3) is 0 Å². The van der Waals surface area contributed by atoms with Crippen molar-refractivity contribution in [3.8, 4) is 0 Å². The van der Waals surface area contributed by atoms with Gasteiger partial charge in [0, 0.05) is 23.5 Å². The molecule has 10 heteroatoms. The van der Waals surface area contributed by atoms with Crippen LogP contribution in [0.25, 0.3) is 10.9 Å². The molecule has 7 N–H and O–H groups in total. The molecule has 1 aromatic heterocycles. The van der Waals surface area contributed by atoms with Crippen LogP contribution in [0.5, 0.6) is 0 Å². The molecule has 0 saturated carbocycles. The van der Waals surface area contributed by atoms with E-state index in [0.717, 1.165) is 22.0 Å². The van der Waals surface area contributed by atoms with Crippen molar-refractivity contribution in [3.63, 3.8) is 0 Å². The van der Waals surface area contributed by atoms with E-state index in [4.69, 9.17) is 5.73 Å². The van der Waals surface area contributed by atoms with Gasteiger partial charge in [0.15, 0.2) is 0 Å². The van der Waals surface area contributed by atoms with Crippen molar-refractivity contribution in [1.82, 2.24) is 20.9 Å². The zero-order valence-corrected chi connectivity index (χ0v) is 21.7. The highest BCUT2D eigenvalue weighted by atomic mass is 16.4. The van der Waals surface area contributed by atoms with E-state index >= 15 is 0 Å². The van der Waals surface area contributed by atoms with Crippen LogP contribution in [0.15, 0.2) is 60.8 Å². The normalized spacial score (nSPS) is 14.3. The number of amides is 3. The molecule has 10 nitrogen and oxygen atoms in total. The number of aliphatic carboxylic acids is 1. The van der Waals surface area contributed by atoms with E-state index < -0.39 is 47.9 Å². The predicted molar refractivity (Wildman–Crippen MR) is 144 cm³/mol. The van der Waals surface area contributed by atoms with Crippen LogP contribution < -0.4 is 21.7 Å². The zero-order chi connectivity index (χ0) is 27.8. The first kappa shape index (κ1) is 28.4. The number of aromatic nitrogens is 1. The summed E-state index contributed by atoms with van der Waals surface area (Å²) in [7, 11) is 0. The van der Waals surface area contributed by atoms with Gasteiger partial charge in [0.05, 0.1) is 6.04 Å². The Morgan fingerprint density at radius 1 is 0.842 bits per heavy atom. The molecule has 3 amide bonds. The lowest BCUT2D eigenvalue weighted by molar-refractivity contribution is -0.142. The molecule has 0 aliphatic carbocycles. The van der Waals surface area contributed by atoms with Crippen LogP contribution in [0.4, 0.5) is 0 Å². The number of hydrogen-bond acceptors (Lipinski definition) is 5. The molecule has 0 fully saturated rings. The molecule has 4 unspecified atom stereocenters. The number of H-pyrrole nitrogens is 1. The second kappa shape index (κ2) is 12.9. The fraction of sp³-hybridized carbons (Fsp3) is 0.357. The van der Waals surface area contributed by atoms with Crippen molar-refractivity contribution < 1.29 is 24.3 Å². The van der Waals surface area contributed by atoms with Crippen molar-refractivity contribution in [2.75, 3.05) is 0 Å². The molecule has 1 heterocycles. The van der Waals surface area contributed by atoms with Gasteiger partial charge in [0.2, 0.25) is 17.7 Å². The Hall–Kier alpha value is -4.18. The van der Waals surface area contributed by atoms with Gasteiger partial charge in [-0.25, -0.2) is 4.79 Å². The van der Waals surface area contributed by atoms with E-state index in [2.05, 4.69) is 20.9 Å². The van der Waals surface area contributed by atoms with Crippen LogP contribution >= 0.6 is 0 Å². The van der Waals surface area contributed by atoms with E-state index in [1.54, 1.807) is 20.0 Å². The summed E-state index contributed by atoms with van der Waals surface area (Å²) in [5, 5.41) is 18.3. The number of benzene rings is 2. The molecule has 0 radical (unpaired) electrons. The number of carboxylic acids is 1. The van der Waals surface area contributed by atoms with E-state index in [0.29, 0.717) is 6.42 Å². The number of hydrogen-bond donors (Lipinski definition) is 6. The monoisotopic (exact) mass is 521 g/mol. The highest BCUT2D eigenvalue weighted by Gasteiger charge is 2.30. The summed E-state index contributed by atoms with van der Waals surface area (Å²) < 4.78 is 0. The predicted octanol–water partition coefficient (Wildman–Crippen LogP) is 1.50. The van der Waals surface area contributed by atoms with Crippen molar-refractivity contribution >= 4 is 34.6 Å². The molecule has 3 rings (SSSR count). The Morgan fingerprint density at radius 2 is 1.50 bits per heavy atom. The molecule has 0 spiro atoms. The summed E-state index contributed by atoms with van der Waals surface area (Å²) in [6, 6.07) is 12.8. The van der Waals surface area contributed by atoms with E-state index in [9.17, 15) is 24.3 Å². The Kier molecular flexibility index (Phi) is 9.61. The number of carbonyl (C=O) groups excluding carboxylic acids is 3. The maximum atomic E-state index is 13.0. The molecular weight excluding hydrogens is 486 g/mol. The van der Waals surface area contributed by atoms with Crippen LogP contribution in [0, 0.1) is 5.92 Å². The molecule has 38 heavy (non-hydrogen) atoms. The third kappa shape index (κ3) is 7.42. The second-order valence-electron chi connectivity index (χ2n) is 9.72. The summed E-state index contributed by atoms with van der Waals surface area (Å²) in [5.74, 6) is -3.18. The van der Waals surface area contributed by atoms with Gasteiger partial charge in [-0.2, -0.15) is 0 Å². The Labute approximate surface area is 221 Å². The highest BCUT2D eigenvalue weighted by Crippen LogP contribution is 2.19. The minimum Gasteiger partial charge on any atom is -0.480 e. The summed E-state index contributed by atoms with van der Waals surface area (Å²) in [5.41, 5.74) is 8.56. The van der Waals surface area contributed by atoms with Gasteiger partial charge in [-0.05, 0) is 36.5 Å². The van der Waals surface area contributed by atoms with Gasteiger partial charge in [-0.3, -0.25) is 14.4 Å². The highest BCUT2D eigenvalue weighted by molar-refractivity contribution is 5.94. The number of nitrogens with two attached hydrogens (primary N) is 1. The summed E-state index contributed by atoms with van der Waals surface area (Å²) in [6.07, 6.45) is 2.09. The summed E-state index contributed by atoms with van der Waals surface area (Å²) >= 11 is 0. The van der Waals surface area contributed by atoms with Crippen molar-refractivity contribution in [2.24, 2.45) is 11.7 Å². The standard InChI is InChI=1S/C28H35N5O5/c1-16(2)24(33-26(35)21(29)13-18-9-5-4-6-10-18)27(36)31-17(3)25(34)32-23(28(37)38)14-19-15-30-22-12-8-7-11-20(19)22/h4-12,15-17,21,23-24,30H,13-14,29H2,1-3H3,(H,31,36)(H,32,34)(H,33,35)(H,37,38). The number of para-hydroxylation sites is 1. The topological polar surface area (TPSA) is 166 Å². The van der Waals surface area contributed by atoms with Crippen LogP contribution in [-0.2, 0) is 32.0 Å². The summed E-state index contributed by atoms with van der Waals surface area (Å²) in [6.45, 7) is 4.98. The van der Waals surface area contributed by atoms with Gasteiger partial charge in [0.1, 0.15) is 18.1 Å². The third-order valence-corrected chi connectivity index (χ3v) is 6.35. The Bertz CT molecular complexity index is 1270. The molecule has 0 aliphatic rings. The first-order valence-electron chi connectivity index (χ1n) is 12.5. The van der Waals surface area contributed by atoms with E-state index in [-0.39, 0.29) is 12.3 Å². The molecule has 4 atom stereocenters. The largest absolute Gasteiger partial charge is 0.480 e. The molecule has 202 valence electrons. The number of fused-ring (bicyclic) bond motifs is 1. The molecule has 0 aliphatic heterocycles. The third-order valence-electron chi connectivity index (χ3n) is 6.35. The van der Waals surface area contributed by atoms with E-state index in [1.165, 1.54) is 6.92 Å². The van der Waals surface area contributed by atoms with Gasteiger partial charge < -0.3 is 31.8 Å². The van der Waals surface area contributed by atoms with Crippen molar-refractivity contribution in [2.45, 2.75) is 57.8 Å². The SMILES string of the molecule is CC(NC(=O)C(NC(=O)C(N)Cc1ccccc1)C(C)C)C(=O)NC(Cc1c[nH]c2ccccc12)C(=O)O. The quantitative estimate of drug-likeness (QED) is 0.211. The molecule has 3 aromatic rings. The molecule has 2 aromatic carbocycles. The minimum absolute atomic E-state index is 0.0652. The van der Waals surface area contributed by atoms with Gasteiger partial charge in [-0.15, -0.1) is 0 Å². The number of aromatic amines is 1. The van der Waals surface area contributed by atoms with Crippen LogP contribution in [0.3, 0.4) is 0 Å². The van der Waals surface area contributed by atoms with Crippen LogP contribution in [0.1, 0.15) is 31.9 Å². The van der Waals surface area contributed by atoms with Crippen LogP contribution in [0.2, 0.25) is 0 Å². The summed E-state index contributed by atoms with van der Waals surface area (Å²) in [4.78, 5) is 53.4. The number of rotatable bonds is 12. The smallest absolute Gasteiger partial charge is 0.326 e. The molecular formula is C28H35N5O5.